The maximum absolute atomic E-state index is 6.14. The van der Waals surface area contributed by atoms with E-state index in [4.69, 9.17) is 21.1 Å². The average Bonchev–Trinajstić information content (AvgIpc) is 2.74. The summed E-state index contributed by atoms with van der Waals surface area (Å²) in [4.78, 5) is 0. The number of rotatable bonds is 9. The van der Waals surface area contributed by atoms with Crippen molar-refractivity contribution in [3.05, 3.63) is 101 Å². The van der Waals surface area contributed by atoms with Crippen LogP contribution in [0.2, 0.25) is 5.02 Å². The van der Waals surface area contributed by atoms with Gasteiger partial charge in [-0.15, -0.1) is 6.58 Å². The van der Waals surface area contributed by atoms with Crippen LogP contribution in [0.3, 0.4) is 0 Å². The molecule has 4 heteroatoms. The van der Waals surface area contributed by atoms with Gasteiger partial charge in [0.1, 0.15) is 6.61 Å². The molecule has 29 heavy (non-hydrogen) atoms. The first kappa shape index (κ1) is 20.8. The number of hydrogen-bond donors (Lipinski definition) is 1. The molecule has 0 bridgehead atoms. The molecule has 0 atom stereocenters. The Hall–Kier alpha value is -2.91. The van der Waals surface area contributed by atoms with Crippen molar-refractivity contribution in [2.75, 3.05) is 12.4 Å². The second-order valence-electron chi connectivity index (χ2n) is 6.87. The zero-order valence-corrected chi connectivity index (χ0v) is 17.6. The van der Waals surface area contributed by atoms with E-state index in [0.717, 1.165) is 39.4 Å². The largest absolute Gasteiger partial charge is 0.493 e. The summed E-state index contributed by atoms with van der Waals surface area (Å²) in [5, 5.41) is 4.18. The summed E-state index contributed by atoms with van der Waals surface area (Å²) < 4.78 is 11.8. The molecule has 0 saturated heterocycles. The van der Waals surface area contributed by atoms with Crippen LogP contribution in [0.5, 0.6) is 11.5 Å². The maximum atomic E-state index is 6.14. The van der Waals surface area contributed by atoms with Crippen molar-refractivity contribution in [1.29, 1.82) is 0 Å². The maximum Gasteiger partial charge on any atom is 0.165 e. The van der Waals surface area contributed by atoms with Crippen molar-refractivity contribution in [2.24, 2.45) is 0 Å². The molecule has 0 unspecified atom stereocenters. The fourth-order valence-electron chi connectivity index (χ4n) is 3.16. The predicted octanol–water partition coefficient (Wildman–Crippen LogP) is 6.58. The van der Waals surface area contributed by atoms with E-state index in [-0.39, 0.29) is 0 Å². The zero-order chi connectivity index (χ0) is 20.6. The minimum absolute atomic E-state index is 0.487. The summed E-state index contributed by atoms with van der Waals surface area (Å²) in [6.45, 7) is 7.09. The molecular formula is C25H26ClNO2. The molecule has 0 aromatic heterocycles. The molecule has 0 fully saturated rings. The summed E-state index contributed by atoms with van der Waals surface area (Å²) in [6, 6.07) is 20.1. The van der Waals surface area contributed by atoms with Crippen molar-refractivity contribution in [1.82, 2.24) is 0 Å². The van der Waals surface area contributed by atoms with Gasteiger partial charge >= 0.3 is 0 Å². The van der Waals surface area contributed by atoms with Crippen molar-refractivity contribution >= 4 is 17.3 Å². The van der Waals surface area contributed by atoms with Crippen LogP contribution in [0.4, 0.5) is 5.69 Å². The van der Waals surface area contributed by atoms with Gasteiger partial charge in [-0.3, -0.25) is 0 Å². The second-order valence-corrected chi connectivity index (χ2v) is 7.30. The van der Waals surface area contributed by atoms with Gasteiger partial charge in [-0.05, 0) is 54.3 Å². The number of nitrogens with one attached hydrogen (secondary N) is 1. The van der Waals surface area contributed by atoms with Crippen LogP contribution in [0.1, 0.15) is 22.3 Å². The van der Waals surface area contributed by atoms with E-state index in [0.29, 0.717) is 24.6 Å². The lowest BCUT2D eigenvalue weighted by Crippen LogP contribution is -2.05. The Kier molecular flexibility index (Phi) is 7.20. The number of methoxy groups -OCH3 is 1. The van der Waals surface area contributed by atoms with Crippen LogP contribution in [-0.2, 0) is 19.6 Å². The first-order valence-corrected chi connectivity index (χ1v) is 9.96. The SMILES string of the molecule is C=CCc1cc(CNc2cc(Cl)ccc2C)cc(OC)c1OCc1ccccc1. The van der Waals surface area contributed by atoms with Gasteiger partial charge in [0.2, 0.25) is 0 Å². The molecule has 0 aliphatic heterocycles. The fourth-order valence-corrected chi connectivity index (χ4v) is 3.33. The highest BCUT2D eigenvalue weighted by atomic mass is 35.5. The first-order valence-electron chi connectivity index (χ1n) is 9.58. The van der Waals surface area contributed by atoms with Crippen molar-refractivity contribution in [3.8, 4) is 11.5 Å². The molecule has 0 aliphatic carbocycles. The number of hydrogen-bond acceptors (Lipinski definition) is 3. The standard InChI is InChI=1S/C25H26ClNO2/c1-4-8-21-13-20(16-27-23-15-22(26)12-11-18(23)2)14-24(28-3)25(21)29-17-19-9-6-5-7-10-19/h4-7,9-15,27H,1,8,16-17H2,2-3H3. The minimum atomic E-state index is 0.487. The summed E-state index contributed by atoms with van der Waals surface area (Å²) in [7, 11) is 1.67. The van der Waals surface area contributed by atoms with E-state index in [9.17, 15) is 0 Å². The van der Waals surface area contributed by atoms with Crippen LogP contribution in [0.15, 0.2) is 73.3 Å². The van der Waals surface area contributed by atoms with E-state index >= 15 is 0 Å². The highest BCUT2D eigenvalue weighted by molar-refractivity contribution is 6.30. The first-order chi connectivity index (χ1) is 14.1. The van der Waals surface area contributed by atoms with Crippen molar-refractivity contribution in [2.45, 2.75) is 26.5 Å². The average molecular weight is 408 g/mol. The van der Waals surface area contributed by atoms with Gasteiger partial charge in [-0.25, -0.2) is 0 Å². The summed E-state index contributed by atoms with van der Waals surface area (Å²) in [5.74, 6) is 1.49. The lowest BCUT2D eigenvalue weighted by Gasteiger charge is -2.17. The normalized spacial score (nSPS) is 10.4. The van der Waals surface area contributed by atoms with Gasteiger partial charge < -0.3 is 14.8 Å². The van der Waals surface area contributed by atoms with Crippen molar-refractivity contribution < 1.29 is 9.47 Å². The molecule has 0 spiro atoms. The van der Waals surface area contributed by atoms with Crippen LogP contribution >= 0.6 is 11.6 Å². The Bertz CT molecular complexity index is 970. The van der Waals surface area contributed by atoms with Gasteiger partial charge in [0.05, 0.1) is 7.11 Å². The Morgan fingerprint density at radius 1 is 1.03 bits per heavy atom. The van der Waals surface area contributed by atoms with E-state index in [2.05, 4.69) is 24.9 Å². The summed E-state index contributed by atoms with van der Waals surface area (Å²) in [6.07, 6.45) is 2.58. The smallest absolute Gasteiger partial charge is 0.165 e. The van der Waals surface area contributed by atoms with Gasteiger partial charge in [-0.2, -0.15) is 0 Å². The second kappa shape index (κ2) is 10.0. The molecule has 0 saturated carbocycles. The Morgan fingerprint density at radius 3 is 2.55 bits per heavy atom. The van der Waals surface area contributed by atoms with Gasteiger partial charge in [0.15, 0.2) is 11.5 Å². The van der Waals surface area contributed by atoms with Gasteiger partial charge in [0, 0.05) is 22.8 Å². The van der Waals surface area contributed by atoms with Crippen LogP contribution in [-0.4, -0.2) is 7.11 Å². The summed E-state index contributed by atoms with van der Waals surface area (Å²) >= 11 is 6.13. The van der Waals surface area contributed by atoms with E-state index in [1.807, 2.05) is 60.7 Å². The number of aryl methyl sites for hydroxylation is 1. The monoisotopic (exact) mass is 407 g/mol. The molecule has 0 heterocycles. The van der Waals surface area contributed by atoms with Crippen LogP contribution in [0.25, 0.3) is 0 Å². The third kappa shape index (κ3) is 5.55. The molecule has 3 rings (SSSR count). The van der Waals surface area contributed by atoms with Gasteiger partial charge in [-0.1, -0.05) is 54.1 Å². The predicted molar refractivity (Wildman–Crippen MR) is 121 cm³/mol. The summed E-state index contributed by atoms with van der Waals surface area (Å²) in [5.41, 5.74) is 5.43. The lowest BCUT2D eigenvalue weighted by molar-refractivity contribution is 0.281. The molecular weight excluding hydrogens is 382 g/mol. The van der Waals surface area contributed by atoms with E-state index < -0.39 is 0 Å². The minimum Gasteiger partial charge on any atom is -0.493 e. The molecule has 0 amide bonds. The number of ether oxygens (including phenoxy) is 2. The fraction of sp³-hybridized carbons (Fsp3) is 0.200. The van der Waals surface area contributed by atoms with Crippen LogP contribution < -0.4 is 14.8 Å². The topological polar surface area (TPSA) is 30.5 Å². The molecule has 1 N–H and O–H groups in total. The Labute approximate surface area is 177 Å². The lowest BCUT2D eigenvalue weighted by atomic mass is 10.0. The zero-order valence-electron chi connectivity index (χ0n) is 16.9. The van der Waals surface area contributed by atoms with Crippen LogP contribution in [0, 0.1) is 6.92 Å². The molecule has 3 aromatic carbocycles. The number of anilines is 1. The quantitative estimate of drug-likeness (QED) is 0.406. The van der Waals surface area contributed by atoms with Gasteiger partial charge in [0.25, 0.3) is 0 Å². The molecule has 0 aliphatic rings. The van der Waals surface area contributed by atoms with Crippen molar-refractivity contribution in [3.63, 3.8) is 0 Å². The third-order valence-electron chi connectivity index (χ3n) is 4.68. The van der Waals surface area contributed by atoms with E-state index in [1.54, 1.807) is 7.11 Å². The Balaban J connectivity index is 1.82. The third-order valence-corrected chi connectivity index (χ3v) is 4.92. The highest BCUT2D eigenvalue weighted by Gasteiger charge is 2.13. The molecule has 3 nitrogen and oxygen atoms in total. The molecule has 3 aromatic rings. The molecule has 150 valence electrons. The molecule has 0 radical (unpaired) electrons. The number of allylic oxidation sites excluding steroid dienone is 1. The number of benzene rings is 3. The van der Waals surface area contributed by atoms with E-state index in [1.165, 1.54) is 0 Å². The highest BCUT2D eigenvalue weighted by Crippen LogP contribution is 2.34. The number of halogens is 1. The Morgan fingerprint density at radius 2 is 1.83 bits per heavy atom.